The highest BCUT2D eigenvalue weighted by atomic mass is 31.2. The van der Waals surface area contributed by atoms with E-state index in [4.69, 9.17) is 33.2 Å². The fraction of sp³-hybridized carbons (Fsp3) is 0.603. The summed E-state index contributed by atoms with van der Waals surface area (Å²) in [5.74, 6) is -2.51. The molecule has 43 heteroatoms. The van der Waals surface area contributed by atoms with Gasteiger partial charge in [-0.15, -0.1) is 65.9 Å². The number of rotatable bonds is 28. The van der Waals surface area contributed by atoms with Crippen molar-refractivity contribution in [2.45, 2.75) is 175 Å². The van der Waals surface area contributed by atoms with Gasteiger partial charge < -0.3 is 94.5 Å². The number of aromatic amines is 2. The molecule has 678 valence electrons. The number of aromatic nitrogens is 6. The van der Waals surface area contributed by atoms with E-state index in [1.807, 2.05) is 36.6 Å². The second-order valence-corrected chi connectivity index (χ2v) is 55.6. The number of nitrogens with one attached hydrogen (secondary N) is 5. The van der Waals surface area contributed by atoms with E-state index < -0.39 is 227 Å². The average molecular weight is 1810 g/mol. The minimum atomic E-state index is -1.54. The Balaban J connectivity index is 0.000000235. The Hall–Kier alpha value is -7.11. The first-order valence-electron chi connectivity index (χ1n) is 38.6. The van der Waals surface area contributed by atoms with E-state index in [0.717, 1.165) is 64.1 Å². The first-order valence-corrected chi connectivity index (χ1v) is 53.9. The van der Waals surface area contributed by atoms with Crippen LogP contribution in [0.5, 0.6) is 0 Å². The smallest absolute Gasteiger partial charge is 0.332 e. The van der Waals surface area contributed by atoms with Gasteiger partial charge in [-0.05, 0) is 136 Å². The first-order chi connectivity index (χ1) is 55.9. The van der Waals surface area contributed by atoms with Crippen LogP contribution >= 0.6 is 34.4 Å². The van der Waals surface area contributed by atoms with Crippen LogP contribution in [0.15, 0.2) is 102 Å². The van der Waals surface area contributed by atoms with E-state index in [1.165, 1.54) is 50.2 Å². The summed E-state index contributed by atoms with van der Waals surface area (Å²) in [5.41, 5.74) is -4.65. The zero-order chi connectivity index (χ0) is 91.4. The molecule has 0 radical (unpaired) electrons. The Kier molecular flexibility index (Phi) is 36.7. The average Bonchev–Trinajstić information content (AvgIpc) is 1.70. The topological polar surface area (TPSA) is 511 Å². The molecule has 5 saturated heterocycles. The second kappa shape index (κ2) is 43.2. The van der Waals surface area contributed by atoms with E-state index in [2.05, 4.69) is 105 Å². The number of aliphatic hydroxyl groups excluding tert-OH is 7. The van der Waals surface area contributed by atoms with Crippen molar-refractivity contribution in [3.63, 3.8) is 0 Å². The third-order valence-electron chi connectivity index (χ3n) is 20.2. The van der Waals surface area contributed by atoms with Crippen molar-refractivity contribution in [2.24, 2.45) is 7.05 Å². The molecule has 3 aromatic rings. The Morgan fingerprint density at radius 2 is 0.926 bits per heavy atom. The van der Waals surface area contributed by atoms with Crippen LogP contribution in [0.1, 0.15) is 91.8 Å². The standard InChI is InChI=1S/C17H25N2O8P.C17H25N2O7P.C15H25N2O5P.C15H25N2O4P.C14H22FN2O3P/c1-9(20)26-8-11(21)10-7-19(17(25)18-15(10)24)16-14(23)13(22)12(27-16)5-6-28(2,3)4;1-9(20)7-11(21)10-8-19(17(25)18-15(10)24)16-14(23)13(22)12(26-16)5-6-27(2,3)4;1-16-11(18)6-8-17(15(16)20)14-13(21-2)12(19)10(22-14)7-9-23(3,4)5;1-10-16-12(18)6-8-17(10)15-14(20-2)13(19)11(21-15)7-9-22(3,4)5;1-8-9(7-16-14(19)17-8)13-11(15)12(18)10(20-13)5-6-21(2,3)4/h7,12-14,16,22-23H,2,5-6,8H2,1,3-4H3,(H,18,24,25);8,12-14,16,22-23H,2,5-7H2,1,3-4H3,(H,18,24,25);6,8,10,12-14,19H,3,7,9H2,1-2,4-5H3;6,8,11,13-15,19H,1,3,7,9H2,2,4-5H3,(H,16,18);7,10-13,18H,1-2,5-6H2,3-4H3,(H2,16,17,19)/t2*12-,13-,14-,16-;10-,12-,13-,14-;11-,13-,14-,15-;10-,11-,12-,13+/m11111/s1. The summed E-state index contributed by atoms with van der Waals surface area (Å²) in [6, 6.07) is 0.875. The summed E-state index contributed by atoms with van der Waals surface area (Å²) in [4.78, 5) is 146. The number of nitrogens with zero attached hydrogens (tertiary/aromatic N) is 5. The van der Waals surface area contributed by atoms with Gasteiger partial charge in [0.15, 0.2) is 43.5 Å². The number of amides is 3. The van der Waals surface area contributed by atoms with Gasteiger partial charge in [0.1, 0.15) is 78.2 Å². The van der Waals surface area contributed by atoms with Crippen LogP contribution in [0.3, 0.4) is 0 Å². The number of alkyl halides is 1. The van der Waals surface area contributed by atoms with Crippen LogP contribution in [0, 0.1) is 0 Å². The van der Waals surface area contributed by atoms with Gasteiger partial charge in [0, 0.05) is 82.6 Å². The molecule has 5 fully saturated rings. The maximum absolute atomic E-state index is 14.3. The molecule has 10 heterocycles. The van der Waals surface area contributed by atoms with Gasteiger partial charge in [-0.3, -0.25) is 66.6 Å². The number of urea groups is 1. The van der Waals surface area contributed by atoms with Gasteiger partial charge in [0.25, 0.3) is 22.6 Å². The summed E-state index contributed by atoms with van der Waals surface area (Å²) < 4.78 is 62.5. The molecule has 121 heavy (non-hydrogen) atoms. The molecular weight excluding hydrogens is 1680 g/mol. The lowest BCUT2D eigenvalue weighted by Crippen LogP contribution is -2.47. The van der Waals surface area contributed by atoms with E-state index in [9.17, 15) is 97.7 Å². The number of H-pyrrole nitrogens is 2. The molecule has 37 nitrogen and oxygen atoms in total. The number of methoxy groups -OCH3 is 2. The molecule has 0 spiro atoms. The molecule has 0 bridgehead atoms. The summed E-state index contributed by atoms with van der Waals surface area (Å²) in [5, 5.41) is 79.6. The normalized spacial score (nSPS) is 28.5. The van der Waals surface area contributed by atoms with E-state index in [-0.39, 0.29) is 23.1 Å². The third-order valence-corrected chi connectivity index (χ3v) is 27.5. The van der Waals surface area contributed by atoms with E-state index >= 15 is 0 Å². The Morgan fingerprint density at radius 1 is 0.529 bits per heavy atom. The highest BCUT2D eigenvalue weighted by Crippen LogP contribution is 2.45. The van der Waals surface area contributed by atoms with Crippen molar-refractivity contribution in [3.8, 4) is 0 Å². The highest BCUT2D eigenvalue weighted by molar-refractivity contribution is 7.73. The lowest BCUT2D eigenvalue weighted by Gasteiger charge is -2.33. The van der Waals surface area contributed by atoms with Gasteiger partial charge in [-0.2, -0.15) is 0 Å². The maximum Gasteiger partial charge on any atom is 0.332 e. The molecule has 20 atom stereocenters. The second-order valence-electron chi connectivity index (χ2n) is 34.0. The van der Waals surface area contributed by atoms with Crippen molar-refractivity contribution >= 4 is 101 Å². The maximum atomic E-state index is 14.3. The Bertz CT molecular complexity index is 4990. The van der Waals surface area contributed by atoms with Crippen molar-refractivity contribution in [3.05, 3.63) is 147 Å². The minimum Gasteiger partial charge on any atom is -0.457 e. The number of ether oxygens (including phenoxy) is 8. The number of carbonyl (C=O) groups excluding carboxylic acids is 6. The van der Waals surface area contributed by atoms with Crippen molar-refractivity contribution in [1.29, 1.82) is 0 Å². The van der Waals surface area contributed by atoms with Crippen molar-refractivity contribution in [2.75, 3.05) is 118 Å². The molecule has 3 amide bonds. The number of esters is 1. The quantitative estimate of drug-likeness (QED) is 0.0200. The van der Waals surface area contributed by atoms with Gasteiger partial charge >= 0.3 is 29.1 Å². The SMILES string of the molecule is C=C1NC(=O)C=CN1[C@@H]1O[C@H](CCP(=C)(C)C)[C@@H](O)[C@H]1OC.C=C1NC(=O)NC=C1[C@@H]1O[C@H](CCP(=C)(C)C)[C@@H](O)[C@H]1F.C=P(C)(C)CC[C@H]1O[C@@H](n2cc(C(=O)CC(C)=O)c(=O)[nH]c2=O)[C@H](O)[C@@H]1O.C=P(C)(C)CC[C@H]1O[C@@H](n2cc(C(=O)COC(C)=O)c(=O)[nH]c2=O)[C@H](O)[C@@H]1O.C=P(C)(C)CC[C@H]1O[C@@H](n2ccc(=O)n(C)c2=O)[C@H](OC)[C@@H]1O. The number of halogens is 1. The molecule has 7 aliphatic rings. The summed E-state index contributed by atoms with van der Waals surface area (Å²) in [6.07, 6.45) is 16.5. The number of hydrogen-bond acceptors (Lipinski definition) is 28. The van der Waals surface area contributed by atoms with E-state index in [1.54, 1.807) is 18.2 Å². The van der Waals surface area contributed by atoms with Crippen LogP contribution in [0.4, 0.5) is 9.18 Å². The van der Waals surface area contributed by atoms with Gasteiger partial charge in [-0.25, -0.2) is 23.6 Å². The number of ketones is 3. The molecular formula is C78H122FN10O27P5. The summed E-state index contributed by atoms with van der Waals surface area (Å²) in [6.45, 7) is 23.6. The number of Topliss-reactive ketones (excluding diaryl/α,β-unsaturated/α-hetero) is 3. The third kappa shape index (κ3) is 29.0. The fourth-order valence-electron chi connectivity index (χ4n) is 13.4. The number of aliphatic hydroxyl groups is 7. The number of carbonyl (C=O) groups is 6. The highest BCUT2D eigenvalue weighted by Gasteiger charge is 2.51. The predicted molar refractivity (Wildman–Crippen MR) is 471 cm³/mol. The molecule has 12 N–H and O–H groups in total. The first kappa shape index (κ1) is 103. The molecule has 3 aromatic heterocycles. The van der Waals surface area contributed by atoms with E-state index in [0.29, 0.717) is 48.9 Å². The summed E-state index contributed by atoms with van der Waals surface area (Å²) >= 11 is 0. The van der Waals surface area contributed by atoms with Gasteiger partial charge in [0.2, 0.25) is 5.78 Å². The van der Waals surface area contributed by atoms with Crippen LogP contribution in [-0.4, -0.2) is 358 Å². The zero-order valence-corrected chi connectivity index (χ0v) is 75.6. The van der Waals surface area contributed by atoms with Gasteiger partial charge in [-0.1, -0.05) is 13.2 Å². The van der Waals surface area contributed by atoms with Crippen LogP contribution in [0.25, 0.3) is 0 Å². The largest absolute Gasteiger partial charge is 0.457 e. The predicted octanol–water partition coefficient (Wildman–Crippen LogP) is 0.203. The summed E-state index contributed by atoms with van der Waals surface area (Å²) in [7, 11) is 4.42. The zero-order valence-electron chi connectivity index (χ0n) is 71.2. The molecule has 0 aliphatic carbocycles. The molecule has 0 unspecified atom stereocenters. The number of hydrogen-bond donors (Lipinski definition) is 12. The lowest BCUT2D eigenvalue weighted by atomic mass is 10.00. The molecule has 10 rings (SSSR count). The molecule has 0 aromatic carbocycles. The lowest BCUT2D eigenvalue weighted by molar-refractivity contribution is -0.139. The van der Waals surface area contributed by atoms with Crippen molar-refractivity contribution in [1.82, 2.24) is 49.1 Å². The minimum absolute atomic E-state index is 0.228. The Morgan fingerprint density at radius 3 is 1.32 bits per heavy atom. The van der Waals surface area contributed by atoms with Gasteiger partial charge in [0.05, 0.1) is 42.5 Å². The van der Waals surface area contributed by atoms with Crippen LogP contribution < -0.4 is 49.7 Å². The monoisotopic (exact) mass is 1800 g/mol. The fourth-order valence-corrected chi connectivity index (χ4v) is 18.2. The molecule has 7 aliphatic heterocycles. The van der Waals surface area contributed by atoms with Crippen LogP contribution in [0.2, 0.25) is 0 Å². The van der Waals surface area contributed by atoms with Crippen molar-refractivity contribution < 1.29 is 107 Å². The Labute approximate surface area is 701 Å². The van der Waals surface area contributed by atoms with Crippen LogP contribution in [-0.2, 0) is 59.3 Å². The molecule has 0 saturated carbocycles.